The van der Waals surface area contributed by atoms with Crippen LogP contribution in [0, 0.1) is 0 Å². The molecule has 0 spiro atoms. The van der Waals surface area contributed by atoms with Crippen molar-refractivity contribution in [2.45, 2.75) is 24.9 Å². The Morgan fingerprint density at radius 2 is 1.96 bits per heavy atom. The minimum atomic E-state index is -4.63. The molecule has 26 heavy (non-hydrogen) atoms. The lowest BCUT2D eigenvalue weighted by Crippen LogP contribution is -2.53. The molecule has 0 fully saturated rings. The standard InChI is InChI=1S/C18H19ClF3N3O/c1-3-8-25(2)10-17(18(20,21)22)12-6-7-23-16(26)15(12)24-14-5-4-11(19)9-13(14)17/h4-7,9,24H,3,8,10H2,1-2H3,(H,23,26). The Morgan fingerprint density at radius 3 is 2.62 bits per heavy atom. The van der Waals surface area contributed by atoms with Crippen LogP contribution in [0.2, 0.25) is 5.02 Å². The van der Waals surface area contributed by atoms with Gasteiger partial charge in [-0.05, 0) is 49.8 Å². The van der Waals surface area contributed by atoms with Crippen LogP contribution in [0.3, 0.4) is 0 Å². The second-order valence-electron chi connectivity index (χ2n) is 6.55. The van der Waals surface area contributed by atoms with Gasteiger partial charge < -0.3 is 15.2 Å². The van der Waals surface area contributed by atoms with Crippen LogP contribution in [0.5, 0.6) is 0 Å². The first-order chi connectivity index (χ1) is 12.2. The van der Waals surface area contributed by atoms with E-state index in [4.69, 9.17) is 11.6 Å². The predicted molar refractivity (Wildman–Crippen MR) is 96.4 cm³/mol. The van der Waals surface area contributed by atoms with Crippen molar-refractivity contribution in [1.29, 1.82) is 0 Å². The summed E-state index contributed by atoms with van der Waals surface area (Å²) in [6, 6.07) is 5.64. The van der Waals surface area contributed by atoms with Crippen molar-refractivity contribution in [3.63, 3.8) is 0 Å². The highest BCUT2D eigenvalue weighted by atomic mass is 35.5. The van der Waals surface area contributed by atoms with Gasteiger partial charge in [-0.2, -0.15) is 13.2 Å². The van der Waals surface area contributed by atoms with E-state index in [2.05, 4.69) is 10.3 Å². The number of aromatic amines is 1. The Hall–Kier alpha value is -1.99. The molecule has 1 aliphatic rings. The van der Waals surface area contributed by atoms with Gasteiger partial charge in [-0.3, -0.25) is 4.79 Å². The number of hydrogen-bond donors (Lipinski definition) is 2. The van der Waals surface area contributed by atoms with Crippen LogP contribution in [0.15, 0.2) is 35.3 Å². The first kappa shape index (κ1) is 18.8. The number of hydrogen-bond acceptors (Lipinski definition) is 3. The molecule has 0 saturated carbocycles. The lowest BCUT2D eigenvalue weighted by Gasteiger charge is -2.44. The first-order valence-electron chi connectivity index (χ1n) is 8.25. The number of alkyl halides is 3. The minimum Gasteiger partial charge on any atom is -0.351 e. The third-order valence-electron chi connectivity index (χ3n) is 4.72. The fourth-order valence-corrected chi connectivity index (χ4v) is 3.82. The van der Waals surface area contributed by atoms with E-state index in [9.17, 15) is 18.0 Å². The van der Waals surface area contributed by atoms with Gasteiger partial charge in [0.15, 0.2) is 0 Å². The van der Waals surface area contributed by atoms with E-state index in [-0.39, 0.29) is 34.1 Å². The van der Waals surface area contributed by atoms with Crippen LogP contribution in [0.1, 0.15) is 24.5 Å². The van der Waals surface area contributed by atoms with E-state index in [0.717, 1.165) is 0 Å². The first-order valence-corrected chi connectivity index (χ1v) is 8.63. The van der Waals surface area contributed by atoms with E-state index in [1.807, 2.05) is 6.92 Å². The van der Waals surface area contributed by atoms with Crippen molar-refractivity contribution in [2.75, 3.05) is 25.5 Å². The largest absolute Gasteiger partial charge is 0.403 e. The topological polar surface area (TPSA) is 48.1 Å². The average Bonchev–Trinajstić information content (AvgIpc) is 2.55. The Balaban J connectivity index is 2.36. The highest BCUT2D eigenvalue weighted by Gasteiger charge is 2.60. The summed E-state index contributed by atoms with van der Waals surface area (Å²) in [6.45, 7) is 2.10. The summed E-state index contributed by atoms with van der Waals surface area (Å²) in [5.41, 5.74) is -2.85. The number of rotatable bonds is 4. The van der Waals surface area contributed by atoms with Gasteiger partial charge in [0.25, 0.3) is 5.56 Å². The number of benzene rings is 1. The molecule has 2 heterocycles. The summed E-state index contributed by atoms with van der Waals surface area (Å²) in [5, 5.41) is 3.06. The lowest BCUT2D eigenvalue weighted by molar-refractivity contribution is -0.182. The number of halogens is 4. The van der Waals surface area contributed by atoms with E-state index in [1.165, 1.54) is 30.5 Å². The molecule has 1 atom stereocenters. The smallest absolute Gasteiger partial charge is 0.351 e. The number of anilines is 2. The number of nitrogens with one attached hydrogen (secondary N) is 2. The normalized spacial score (nSPS) is 19.0. The zero-order chi connectivity index (χ0) is 19.1. The zero-order valence-corrected chi connectivity index (χ0v) is 15.1. The molecule has 0 bridgehead atoms. The molecule has 140 valence electrons. The third kappa shape index (κ3) is 2.89. The van der Waals surface area contributed by atoms with E-state index in [1.54, 1.807) is 11.9 Å². The van der Waals surface area contributed by atoms with E-state index >= 15 is 0 Å². The number of aromatic nitrogens is 1. The maximum absolute atomic E-state index is 14.6. The third-order valence-corrected chi connectivity index (χ3v) is 4.95. The second-order valence-corrected chi connectivity index (χ2v) is 6.99. The van der Waals surface area contributed by atoms with Crippen LogP contribution in [-0.2, 0) is 5.41 Å². The number of nitrogens with zero attached hydrogens (tertiary/aromatic N) is 1. The maximum Gasteiger partial charge on any atom is 0.403 e. The molecule has 0 radical (unpaired) electrons. The Kier molecular flexibility index (Phi) is 4.79. The molecule has 8 heteroatoms. The number of pyridine rings is 1. The molecule has 2 N–H and O–H groups in total. The van der Waals surface area contributed by atoms with Gasteiger partial charge in [0, 0.05) is 29.0 Å². The summed E-state index contributed by atoms with van der Waals surface area (Å²) < 4.78 is 43.8. The summed E-state index contributed by atoms with van der Waals surface area (Å²) in [4.78, 5) is 16.3. The monoisotopic (exact) mass is 385 g/mol. The van der Waals surface area contributed by atoms with Crippen molar-refractivity contribution < 1.29 is 13.2 Å². The molecular weight excluding hydrogens is 367 g/mol. The highest BCUT2D eigenvalue weighted by Crippen LogP contribution is 2.54. The maximum atomic E-state index is 14.6. The summed E-state index contributed by atoms with van der Waals surface area (Å²) in [7, 11) is 1.65. The zero-order valence-electron chi connectivity index (χ0n) is 14.4. The molecule has 1 aromatic heterocycles. The quantitative estimate of drug-likeness (QED) is 0.826. The second kappa shape index (κ2) is 6.63. The van der Waals surface area contributed by atoms with Gasteiger partial charge in [0.05, 0.1) is 0 Å². The number of H-pyrrole nitrogens is 1. The summed E-state index contributed by atoms with van der Waals surface area (Å²) in [6.07, 6.45) is -2.66. The van der Waals surface area contributed by atoms with Gasteiger partial charge in [0.2, 0.25) is 0 Å². The molecule has 0 aliphatic carbocycles. The fourth-order valence-electron chi connectivity index (χ4n) is 3.65. The SMILES string of the molecule is CCCN(C)CC1(C(F)(F)F)c2cc(Cl)ccc2Nc2c1cc[nH]c2=O. The van der Waals surface area contributed by atoms with Crippen LogP contribution in [0.4, 0.5) is 24.5 Å². The van der Waals surface area contributed by atoms with Crippen LogP contribution in [0.25, 0.3) is 0 Å². The van der Waals surface area contributed by atoms with Gasteiger partial charge in [-0.1, -0.05) is 18.5 Å². The van der Waals surface area contributed by atoms with Gasteiger partial charge >= 0.3 is 6.18 Å². The Morgan fingerprint density at radius 1 is 1.23 bits per heavy atom. The molecule has 1 unspecified atom stereocenters. The molecular formula is C18H19ClF3N3O. The van der Waals surface area contributed by atoms with Gasteiger partial charge in [-0.15, -0.1) is 0 Å². The minimum absolute atomic E-state index is 0.0264. The average molecular weight is 386 g/mol. The van der Waals surface area contributed by atoms with Crippen LogP contribution in [-0.4, -0.2) is 36.2 Å². The molecule has 4 nitrogen and oxygen atoms in total. The van der Waals surface area contributed by atoms with Crippen molar-refractivity contribution >= 4 is 23.0 Å². The van der Waals surface area contributed by atoms with E-state index in [0.29, 0.717) is 13.0 Å². The van der Waals surface area contributed by atoms with Crippen molar-refractivity contribution in [3.05, 3.63) is 57.0 Å². The van der Waals surface area contributed by atoms with Crippen molar-refractivity contribution in [2.24, 2.45) is 0 Å². The molecule has 1 aromatic carbocycles. The molecule has 3 rings (SSSR count). The summed E-state index contributed by atoms with van der Waals surface area (Å²) in [5.74, 6) is 0. The molecule has 0 saturated heterocycles. The molecule has 0 amide bonds. The number of likely N-dealkylation sites (N-methyl/N-ethyl adjacent to an activating group) is 1. The Labute approximate surface area is 154 Å². The van der Waals surface area contributed by atoms with Crippen molar-refractivity contribution in [1.82, 2.24) is 9.88 Å². The van der Waals surface area contributed by atoms with Crippen LogP contribution < -0.4 is 10.9 Å². The number of fused-ring (bicyclic) bond motifs is 2. The van der Waals surface area contributed by atoms with Crippen LogP contribution >= 0.6 is 11.6 Å². The fraction of sp³-hybridized carbons (Fsp3) is 0.389. The van der Waals surface area contributed by atoms with Crippen molar-refractivity contribution in [3.8, 4) is 0 Å². The van der Waals surface area contributed by atoms with Gasteiger partial charge in [0.1, 0.15) is 11.1 Å². The summed E-state index contributed by atoms with van der Waals surface area (Å²) >= 11 is 6.03. The Bertz CT molecular complexity index is 881. The molecule has 2 aromatic rings. The highest BCUT2D eigenvalue weighted by molar-refractivity contribution is 6.30. The lowest BCUT2D eigenvalue weighted by atomic mass is 9.70. The molecule has 1 aliphatic heterocycles. The predicted octanol–water partition coefficient (Wildman–Crippen LogP) is 4.28. The van der Waals surface area contributed by atoms with Gasteiger partial charge in [-0.25, -0.2) is 0 Å². The van der Waals surface area contributed by atoms with E-state index < -0.39 is 17.2 Å².